The average Bonchev–Trinajstić information content (AvgIpc) is 3.61. The molecule has 0 aliphatic carbocycles. The highest BCUT2D eigenvalue weighted by atomic mass is 16.6. The molecule has 0 radical (unpaired) electrons. The second-order valence-corrected chi connectivity index (χ2v) is 10.9. The van der Waals surface area contributed by atoms with E-state index in [2.05, 4.69) is 87.5 Å². The Bertz CT molecular complexity index is 1610. The maximum absolute atomic E-state index is 12.5. The number of nitrogens with zero attached hydrogens (tertiary/aromatic N) is 3. The molecule has 5 aromatic rings. The first-order chi connectivity index (χ1) is 18.6. The highest BCUT2D eigenvalue weighted by Gasteiger charge is 2.25. The molecule has 0 aliphatic rings. The van der Waals surface area contributed by atoms with E-state index < -0.39 is 5.60 Å². The van der Waals surface area contributed by atoms with Gasteiger partial charge in [-0.05, 0) is 67.3 Å². The van der Waals surface area contributed by atoms with E-state index in [9.17, 15) is 4.79 Å². The molecule has 0 aliphatic heterocycles. The molecule has 0 saturated carbocycles. The zero-order valence-corrected chi connectivity index (χ0v) is 23.4. The molecule has 200 valence electrons. The fraction of sp³-hybridized carbons (Fsp3) is 0.281. The zero-order chi connectivity index (χ0) is 27.7. The lowest BCUT2D eigenvalue weighted by Gasteiger charge is -2.27. The number of benzene rings is 3. The van der Waals surface area contributed by atoms with Crippen molar-refractivity contribution < 1.29 is 9.53 Å². The molecule has 0 unspecified atom stereocenters. The number of H-pyrrole nitrogens is 2. The minimum atomic E-state index is -0.549. The fourth-order valence-corrected chi connectivity index (χ4v) is 4.50. The van der Waals surface area contributed by atoms with Crippen molar-refractivity contribution in [2.24, 2.45) is 0 Å². The molecule has 2 heterocycles. The molecule has 3 aromatic carbocycles. The number of rotatable bonds is 6. The Hall–Kier alpha value is -4.39. The summed E-state index contributed by atoms with van der Waals surface area (Å²) in [5.74, 6) is 1.70. The third-order valence-electron chi connectivity index (χ3n) is 6.90. The van der Waals surface area contributed by atoms with E-state index in [0.717, 1.165) is 40.1 Å². The zero-order valence-electron chi connectivity index (χ0n) is 23.4. The molecule has 0 spiro atoms. The molecule has 2 N–H and O–H groups in total. The monoisotopic (exact) mass is 521 g/mol. The average molecular weight is 522 g/mol. The molecule has 2 aromatic heterocycles. The molecule has 0 bridgehead atoms. The number of carbonyl (C=O) groups is 1. The molecular weight excluding hydrogens is 486 g/mol. The van der Waals surface area contributed by atoms with Gasteiger partial charge in [-0.3, -0.25) is 0 Å². The molecule has 1 amide bonds. The third kappa shape index (κ3) is 5.72. The number of imidazole rings is 2. The summed E-state index contributed by atoms with van der Waals surface area (Å²) < 4.78 is 5.50. The number of amides is 1. The molecule has 1 atom stereocenters. The van der Waals surface area contributed by atoms with Crippen LogP contribution in [0.25, 0.3) is 44.4 Å². The molecule has 0 saturated heterocycles. The lowest BCUT2D eigenvalue weighted by Crippen LogP contribution is -2.36. The van der Waals surface area contributed by atoms with Crippen LogP contribution in [0.5, 0.6) is 0 Å². The van der Waals surface area contributed by atoms with Gasteiger partial charge in [0.1, 0.15) is 17.2 Å². The van der Waals surface area contributed by atoms with E-state index >= 15 is 0 Å². The number of fused-ring (bicyclic) bond motifs is 1. The van der Waals surface area contributed by atoms with Crippen LogP contribution < -0.4 is 0 Å². The standard InChI is InChI=1S/C32H35N5O2/c1-7-29-33-18-27(35-29)22-10-8-21(9-11-22)23-12-13-25-17-26(15-14-24(25)16-23)28-19-34-30(36-28)20(2)37(6)31(38)39-32(3,4)5/h8-20H,7H2,1-6H3,(H,33,35)(H,34,36)/t20-/m0/s1. The number of ether oxygens (including phenoxy) is 1. The van der Waals surface area contributed by atoms with Crippen LogP contribution in [0, 0.1) is 0 Å². The first kappa shape index (κ1) is 26.2. The van der Waals surface area contributed by atoms with Gasteiger partial charge in [0.15, 0.2) is 0 Å². The minimum Gasteiger partial charge on any atom is -0.444 e. The largest absolute Gasteiger partial charge is 0.444 e. The second kappa shape index (κ2) is 10.4. The van der Waals surface area contributed by atoms with Gasteiger partial charge in [0, 0.05) is 19.0 Å². The van der Waals surface area contributed by atoms with Crippen molar-refractivity contribution in [3.8, 4) is 33.6 Å². The van der Waals surface area contributed by atoms with Crippen molar-refractivity contribution in [3.05, 3.63) is 84.7 Å². The molecule has 39 heavy (non-hydrogen) atoms. The van der Waals surface area contributed by atoms with Crippen molar-refractivity contribution in [1.29, 1.82) is 0 Å². The topological polar surface area (TPSA) is 86.9 Å². The van der Waals surface area contributed by atoms with Crippen molar-refractivity contribution in [2.45, 2.75) is 52.7 Å². The lowest BCUT2D eigenvalue weighted by atomic mass is 9.98. The molecule has 5 rings (SSSR count). The number of hydrogen-bond acceptors (Lipinski definition) is 4. The number of aromatic amines is 2. The van der Waals surface area contributed by atoms with Crippen LogP contribution in [0.4, 0.5) is 4.79 Å². The van der Waals surface area contributed by atoms with Crippen LogP contribution in [0.15, 0.2) is 73.1 Å². The van der Waals surface area contributed by atoms with E-state index in [-0.39, 0.29) is 12.1 Å². The van der Waals surface area contributed by atoms with Crippen LogP contribution in [0.2, 0.25) is 0 Å². The van der Waals surface area contributed by atoms with Crippen LogP contribution in [-0.4, -0.2) is 43.6 Å². The van der Waals surface area contributed by atoms with Gasteiger partial charge in [-0.15, -0.1) is 0 Å². The highest BCUT2D eigenvalue weighted by molar-refractivity contribution is 5.90. The van der Waals surface area contributed by atoms with Gasteiger partial charge in [0.2, 0.25) is 0 Å². The number of aromatic nitrogens is 4. The Balaban J connectivity index is 1.33. The summed E-state index contributed by atoms with van der Waals surface area (Å²) in [6.07, 6.45) is 4.22. The number of aryl methyl sites for hydroxylation is 1. The minimum absolute atomic E-state index is 0.259. The van der Waals surface area contributed by atoms with Gasteiger partial charge in [0.25, 0.3) is 0 Å². The van der Waals surface area contributed by atoms with Crippen LogP contribution in [-0.2, 0) is 11.2 Å². The van der Waals surface area contributed by atoms with Crippen LogP contribution >= 0.6 is 0 Å². The van der Waals surface area contributed by atoms with Gasteiger partial charge in [-0.1, -0.05) is 55.5 Å². The van der Waals surface area contributed by atoms with Gasteiger partial charge >= 0.3 is 6.09 Å². The summed E-state index contributed by atoms with van der Waals surface area (Å²) in [5, 5.41) is 2.31. The highest BCUT2D eigenvalue weighted by Crippen LogP contribution is 2.30. The van der Waals surface area contributed by atoms with E-state index in [0.29, 0.717) is 5.82 Å². The van der Waals surface area contributed by atoms with Gasteiger partial charge in [-0.25, -0.2) is 14.8 Å². The summed E-state index contributed by atoms with van der Waals surface area (Å²) in [5.41, 5.74) is 5.90. The van der Waals surface area contributed by atoms with Crippen LogP contribution in [0.3, 0.4) is 0 Å². The third-order valence-corrected chi connectivity index (χ3v) is 6.90. The number of carbonyl (C=O) groups excluding carboxylic acids is 1. The Kier molecular flexibility index (Phi) is 7.00. The SMILES string of the molecule is CCc1ncc(-c2ccc(-c3ccc4cc(-c5cnc([C@H](C)N(C)C(=O)OC(C)(C)C)[nH]5)ccc4c3)cc2)[nH]1. The first-order valence-corrected chi connectivity index (χ1v) is 13.3. The van der Waals surface area contributed by atoms with E-state index in [1.807, 2.05) is 40.1 Å². The predicted molar refractivity (Wildman–Crippen MR) is 156 cm³/mol. The van der Waals surface area contributed by atoms with Gasteiger partial charge < -0.3 is 19.6 Å². The Morgan fingerprint density at radius 3 is 2.05 bits per heavy atom. The quantitative estimate of drug-likeness (QED) is 0.239. The van der Waals surface area contributed by atoms with Crippen molar-refractivity contribution >= 4 is 16.9 Å². The number of hydrogen-bond donors (Lipinski definition) is 2. The van der Waals surface area contributed by atoms with E-state index in [1.54, 1.807) is 11.9 Å². The maximum atomic E-state index is 12.5. The maximum Gasteiger partial charge on any atom is 0.410 e. The fourth-order valence-electron chi connectivity index (χ4n) is 4.50. The molecular formula is C32H35N5O2. The molecule has 0 fully saturated rings. The van der Waals surface area contributed by atoms with E-state index in [4.69, 9.17) is 4.74 Å². The Labute approximate surface area is 229 Å². The Morgan fingerprint density at radius 2 is 1.41 bits per heavy atom. The summed E-state index contributed by atoms with van der Waals surface area (Å²) >= 11 is 0. The molecule has 7 heteroatoms. The lowest BCUT2D eigenvalue weighted by molar-refractivity contribution is 0.0228. The van der Waals surface area contributed by atoms with Gasteiger partial charge in [0.05, 0.1) is 29.8 Å². The summed E-state index contributed by atoms with van der Waals surface area (Å²) in [4.78, 5) is 29.7. The van der Waals surface area contributed by atoms with Crippen molar-refractivity contribution in [2.75, 3.05) is 7.05 Å². The smallest absolute Gasteiger partial charge is 0.410 e. The normalized spacial score (nSPS) is 12.5. The van der Waals surface area contributed by atoms with Crippen molar-refractivity contribution in [1.82, 2.24) is 24.8 Å². The summed E-state index contributed by atoms with van der Waals surface area (Å²) in [6.45, 7) is 9.60. The number of nitrogens with one attached hydrogen (secondary N) is 2. The second-order valence-electron chi connectivity index (χ2n) is 10.9. The van der Waals surface area contributed by atoms with Crippen molar-refractivity contribution in [3.63, 3.8) is 0 Å². The van der Waals surface area contributed by atoms with E-state index in [1.165, 1.54) is 16.5 Å². The summed E-state index contributed by atoms with van der Waals surface area (Å²) in [7, 11) is 1.72. The Morgan fingerprint density at radius 1 is 0.846 bits per heavy atom. The summed E-state index contributed by atoms with van der Waals surface area (Å²) in [6, 6.07) is 21.2. The van der Waals surface area contributed by atoms with Crippen LogP contribution in [0.1, 0.15) is 52.3 Å². The molecule has 7 nitrogen and oxygen atoms in total. The van der Waals surface area contributed by atoms with Gasteiger partial charge in [-0.2, -0.15) is 0 Å². The predicted octanol–water partition coefficient (Wildman–Crippen LogP) is 7.78. The first-order valence-electron chi connectivity index (χ1n) is 13.3.